The maximum atomic E-state index is 13.5. The molecule has 164 valence electrons. The molecule has 2 aliphatic heterocycles. The summed E-state index contributed by atoms with van der Waals surface area (Å²) in [4.78, 5) is 30.7. The van der Waals surface area contributed by atoms with Gasteiger partial charge >= 0.3 is 6.09 Å². The van der Waals surface area contributed by atoms with Gasteiger partial charge in [0, 0.05) is 38.8 Å². The van der Waals surface area contributed by atoms with Gasteiger partial charge in [-0.2, -0.15) is 0 Å². The van der Waals surface area contributed by atoms with Crippen molar-refractivity contribution in [1.82, 2.24) is 14.7 Å². The molecule has 1 unspecified atom stereocenters. The second-order valence-corrected chi connectivity index (χ2v) is 9.67. The Bertz CT molecular complexity index is 793. The highest BCUT2D eigenvalue weighted by Gasteiger charge is 2.51. The highest BCUT2D eigenvalue weighted by atomic mass is 16.4. The number of likely N-dealkylation sites (N-methyl/N-ethyl adjacent to an activating group) is 1. The number of piperazine rings is 1. The Balaban J connectivity index is 1.54. The van der Waals surface area contributed by atoms with Crippen LogP contribution in [-0.2, 0) is 4.79 Å². The molecule has 2 heterocycles. The van der Waals surface area contributed by atoms with Crippen LogP contribution in [0.1, 0.15) is 69.5 Å². The Labute approximate surface area is 179 Å². The number of nitrogens with zero attached hydrogens (tertiary/aromatic N) is 3. The molecule has 0 bridgehead atoms. The van der Waals surface area contributed by atoms with Gasteiger partial charge in [-0.25, -0.2) is 4.79 Å². The predicted octanol–water partition coefficient (Wildman–Crippen LogP) is 3.94. The second-order valence-electron chi connectivity index (χ2n) is 9.67. The molecule has 2 saturated heterocycles. The number of carbonyl (C=O) groups excluding carboxylic acids is 1. The first-order chi connectivity index (χ1) is 14.3. The Kier molecular flexibility index (Phi) is 5.80. The average Bonchev–Trinajstić information content (AvgIpc) is 2.71. The van der Waals surface area contributed by atoms with Crippen LogP contribution in [0, 0.1) is 5.41 Å². The van der Waals surface area contributed by atoms with Crippen molar-refractivity contribution in [2.45, 2.75) is 64.5 Å². The minimum Gasteiger partial charge on any atom is -0.465 e. The van der Waals surface area contributed by atoms with Gasteiger partial charge in [0.05, 0.1) is 0 Å². The van der Waals surface area contributed by atoms with Crippen LogP contribution < -0.4 is 0 Å². The molecule has 6 heteroatoms. The number of carboxylic acid groups (broad SMARTS) is 1. The normalized spacial score (nSPS) is 25.1. The molecule has 2 amide bonds. The van der Waals surface area contributed by atoms with E-state index >= 15 is 0 Å². The molecule has 3 aliphatic rings. The van der Waals surface area contributed by atoms with Crippen molar-refractivity contribution in [3.05, 3.63) is 35.4 Å². The third kappa shape index (κ3) is 3.70. The van der Waals surface area contributed by atoms with Crippen LogP contribution in [0.2, 0.25) is 0 Å². The van der Waals surface area contributed by atoms with Gasteiger partial charge < -0.3 is 14.9 Å². The fourth-order valence-corrected chi connectivity index (χ4v) is 5.85. The number of amides is 2. The lowest BCUT2D eigenvalue weighted by Crippen LogP contribution is -2.61. The number of rotatable bonds is 4. The van der Waals surface area contributed by atoms with Crippen LogP contribution >= 0.6 is 0 Å². The first-order valence-electron chi connectivity index (χ1n) is 11.5. The first-order valence-corrected chi connectivity index (χ1v) is 11.5. The lowest BCUT2D eigenvalue weighted by atomic mass is 9.59. The van der Waals surface area contributed by atoms with E-state index in [0.717, 1.165) is 50.9 Å². The first kappa shape index (κ1) is 21.2. The standard InChI is InChI=1S/C24H35N3O3/c1-4-25-13-14-27(18-15-24(16-18)9-11-26(12-10-24)23(29)30)21(22(25)28)20-8-6-5-7-19(20)17(2)3/h5-8,17-18,21H,4,9-16H2,1-3H3,(H,29,30). The Morgan fingerprint density at radius 3 is 2.40 bits per heavy atom. The van der Waals surface area contributed by atoms with E-state index in [2.05, 4.69) is 49.9 Å². The molecule has 1 aromatic carbocycles. The minimum absolute atomic E-state index is 0.196. The van der Waals surface area contributed by atoms with Crippen molar-refractivity contribution in [1.29, 1.82) is 0 Å². The molecule has 1 atom stereocenters. The van der Waals surface area contributed by atoms with E-state index in [0.29, 0.717) is 25.0 Å². The van der Waals surface area contributed by atoms with Gasteiger partial charge in [-0.15, -0.1) is 0 Å². The SMILES string of the molecule is CCN1CCN(C2CC3(CCN(C(=O)O)CC3)C2)C(c2ccccc2C(C)C)C1=O. The van der Waals surface area contributed by atoms with Crippen molar-refractivity contribution in [2.24, 2.45) is 5.41 Å². The molecule has 3 fully saturated rings. The van der Waals surface area contributed by atoms with Crippen molar-refractivity contribution in [3.8, 4) is 0 Å². The quantitative estimate of drug-likeness (QED) is 0.812. The van der Waals surface area contributed by atoms with E-state index in [-0.39, 0.29) is 17.4 Å². The Hall–Kier alpha value is -2.08. The average molecular weight is 414 g/mol. The number of carbonyl (C=O) groups is 2. The topological polar surface area (TPSA) is 64.1 Å². The van der Waals surface area contributed by atoms with E-state index in [1.807, 2.05) is 4.90 Å². The molecule has 6 nitrogen and oxygen atoms in total. The van der Waals surface area contributed by atoms with Gasteiger partial charge in [0.25, 0.3) is 0 Å². The lowest BCUT2D eigenvalue weighted by molar-refractivity contribution is -0.149. The van der Waals surface area contributed by atoms with Gasteiger partial charge in [0.1, 0.15) is 6.04 Å². The second kappa shape index (κ2) is 8.22. The Morgan fingerprint density at radius 1 is 1.13 bits per heavy atom. The predicted molar refractivity (Wildman–Crippen MR) is 117 cm³/mol. The van der Waals surface area contributed by atoms with Crippen LogP contribution in [0.25, 0.3) is 0 Å². The minimum atomic E-state index is -0.799. The third-order valence-electron chi connectivity index (χ3n) is 7.70. The van der Waals surface area contributed by atoms with Crippen LogP contribution in [0.3, 0.4) is 0 Å². The maximum absolute atomic E-state index is 13.5. The fraction of sp³-hybridized carbons (Fsp3) is 0.667. The summed E-state index contributed by atoms with van der Waals surface area (Å²) in [6, 6.07) is 8.65. The highest BCUT2D eigenvalue weighted by molar-refractivity contribution is 5.84. The number of likely N-dealkylation sites (tertiary alicyclic amines) is 1. The molecule has 1 saturated carbocycles. The van der Waals surface area contributed by atoms with Crippen molar-refractivity contribution < 1.29 is 14.7 Å². The molecule has 4 rings (SSSR count). The smallest absolute Gasteiger partial charge is 0.407 e. The largest absolute Gasteiger partial charge is 0.465 e. The molecule has 1 aromatic rings. The number of benzene rings is 1. The summed E-state index contributed by atoms with van der Waals surface area (Å²) in [7, 11) is 0. The molecule has 1 spiro atoms. The van der Waals surface area contributed by atoms with Crippen molar-refractivity contribution in [2.75, 3.05) is 32.7 Å². The summed E-state index contributed by atoms with van der Waals surface area (Å²) in [6.45, 7) is 10.2. The monoisotopic (exact) mass is 413 g/mol. The van der Waals surface area contributed by atoms with Gasteiger partial charge in [-0.1, -0.05) is 38.1 Å². The van der Waals surface area contributed by atoms with E-state index in [9.17, 15) is 14.7 Å². The Morgan fingerprint density at radius 2 is 1.80 bits per heavy atom. The molecule has 30 heavy (non-hydrogen) atoms. The zero-order chi connectivity index (χ0) is 21.5. The van der Waals surface area contributed by atoms with Gasteiger partial charge in [0.2, 0.25) is 5.91 Å². The summed E-state index contributed by atoms with van der Waals surface area (Å²) >= 11 is 0. The highest BCUT2D eigenvalue weighted by Crippen LogP contribution is 2.53. The van der Waals surface area contributed by atoms with Crippen molar-refractivity contribution >= 4 is 12.0 Å². The molecule has 0 radical (unpaired) electrons. The van der Waals surface area contributed by atoms with Crippen LogP contribution in [0.15, 0.2) is 24.3 Å². The van der Waals surface area contributed by atoms with Crippen molar-refractivity contribution in [3.63, 3.8) is 0 Å². The number of piperidine rings is 1. The molecular formula is C24H35N3O3. The van der Waals surface area contributed by atoms with Crippen LogP contribution in [-0.4, -0.2) is 70.6 Å². The summed E-state index contributed by atoms with van der Waals surface area (Å²) in [5.41, 5.74) is 2.70. The zero-order valence-electron chi connectivity index (χ0n) is 18.5. The zero-order valence-corrected chi connectivity index (χ0v) is 18.5. The molecule has 1 N–H and O–H groups in total. The van der Waals surface area contributed by atoms with E-state index in [4.69, 9.17) is 0 Å². The van der Waals surface area contributed by atoms with Gasteiger partial charge in [0.15, 0.2) is 0 Å². The van der Waals surface area contributed by atoms with Gasteiger partial charge in [-0.05, 0) is 55.1 Å². The molecule has 0 aromatic heterocycles. The van der Waals surface area contributed by atoms with Crippen LogP contribution in [0.5, 0.6) is 0 Å². The fourth-order valence-electron chi connectivity index (χ4n) is 5.85. The van der Waals surface area contributed by atoms with E-state index < -0.39 is 6.09 Å². The van der Waals surface area contributed by atoms with E-state index in [1.165, 1.54) is 5.56 Å². The van der Waals surface area contributed by atoms with Gasteiger partial charge in [-0.3, -0.25) is 9.69 Å². The summed E-state index contributed by atoms with van der Waals surface area (Å²) in [5.74, 6) is 0.611. The lowest BCUT2D eigenvalue weighted by Gasteiger charge is -2.57. The number of hydrogen-bond donors (Lipinski definition) is 1. The summed E-state index contributed by atoms with van der Waals surface area (Å²) in [6.07, 6.45) is 3.27. The summed E-state index contributed by atoms with van der Waals surface area (Å²) < 4.78 is 0. The number of hydrogen-bond acceptors (Lipinski definition) is 3. The molecule has 1 aliphatic carbocycles. The maximum Gasteiger partial charge on any atom is 0.407 e. The summed E-state index contributed by atoms with van der Waals surface area (Å²) in [5, 5.41) is 9.24. The molecular weight excluding hydrogens is 378 g/mol. The third-order valence-corrected chi connectivity index (χ3v) is 7.70. The van der Waals surface area contributed by atoms with Crippen LogP contribution in [0.4, 0.5) is 4.79 Å². The van der Waals surface area contributed by atoms with E-state index in [1.54, 1.807) is 4.90 Å².